The van der Waals surface area contributed by atoms with Gasteiger partial charge in [0.2, 0.25) is 0 Å². The lowest BCUT2D eigenvalue weighted by Gasteiger charge is -2.37. The summed E-state index contributed by atoms with van der Waals surface area (Å²) in [7, 11) is 0. The second-order valence-corrected chi connectivity index (χ2v) is 6.32. The van der Waals surface area contributed by atoms with E-state index in [4.69, 9.17) is 10.00 Å². The molecule has 0 unspecified atom stereocenters. The number of hydrogen-bond donors (Lipinski definition) is 0. The van der Waals surface area contributed by atoms with E-state index < -0.39 is 0 Å². The molecule has 0 bridgehead atoms. The van der Waals surface area contributed by atoms with Crippen LogP contribution in [0.25, 0.3) is 0 Å². The van der Waals surface area contributed by atoms with Crippen LogP contribution in [0.2, 0.25) is 0 Å². The largest absolute Gasteiger partial charge is 0.378 e. The van der Waals surface area contributed by atoms with Crippen LogP contribution in [0.1, 0.15) is 5.69 Å². The molecule has 134 valence electrons. The summed E-state index contributed by atoms with van der Waals surface area (Å²) in [6, 6.07) is 7.97. The van der Waals surface area contributed by atoms with E-state index >= 15 is 0 Å². The molecule has 0 N–H and O–H groups in total. The summed E-state index contributed by atoms with van der Waals surface area (Å²) in [5, 5.41) is 9.02. The Morgan fingerprint density at radius 3 is 2.19 bits per heavy atom. The van der Waals surface area contributed by atoms with E-state index in [9.17, 15) is 0 Å². The Morgan fingerprint density at radius 2 is 1.50 bits per heavy atom. The van der Waals surface area contributed by atoms with Gasteiger partial charge in [-0.2, -0.15) is 5.26 Å². The lowest BCUT2D eigenvalue weighted by atomic mass is 10.2. The van der Waals surface area contributed by atoms with Gasteiger partial charge < -0.3 is 19.4 Å². The van der Waals surface area contributed by atoms with Crippen LogP contribution in [0.15, 0.2) is 30.7 Å². The fraction of sp³-hybridized carbons (Fsp3) is 0.444. The molecule has 0 spiro atoms. The third-order valence-corrected chi connectivity index (χ3v) is 4.80. The predicted molar refractivity (Wildman–Crippen MR) is 98.4 cm³/mol. The maximum Gasteiger partial charge on any atom is 0.142 e. The molecule has 2 aromatic heterocycles. The zero-order valence-corrected chi connectivity index (χ0v) is 14.6. The maximum absolute atomic E-state index is 9.02. The summed E-state index contributed by atoms with van der Waals surface area (Å²) >= 11 is 0. The van der Waals surface area contributed by atoms with Crippen molar-refractivity contribution in [1.82, 2.24) is 15.0 Å². The number of nitrogens with zero attached hydrogens (tertiary/aromatic N) is 7. The molecule has 2 aromatic rings. The molecule has 0 aliphatic carbocycles. The molecule has 0 saturated carbocycles. The predicted octanol–water partition coefficient (Wildman–Crippen LogP) is 0.906. The average Bonchev–Trinajstić information content (AvgIpc) is 2.75. The lowest BCUT2D eigenvalue weighted by Crippen LogP contribution is -2.47. The second-order valence-electron chi connectivity index (χ2n) is 6.32. The third kappa shape index (κ3) is 3.53. The molecule has 8 nitrogen and oxygen atoms in total. The number of pyridine rings is 1. The van der Waals surface area contributed by atoms with Crippen LogP contribution in [0, 0.1) is 11.3 Å². The zero-order valence-electron chi connectivity index (χ0n) is 14.6. The van der Waals surface area contributed by atoms with E-state index in [0.717, 1.165) is 69.8 Å². The van der Waals surface area contributed by atoms with E-state index in [0.29, 0.717) is 5.69 Å². The second kappa shape index (κ2) is 7.54. The first-order chi connectivity index (χ1) is 12.8. The monoisotopic (exact) mass is 351 g/mol. The lowest BCUT2D eigenvalue weighted by molar-refractivity contribution is 0.122. The van der Waals surface area contributed by atoms with E-state index in [1.807, 2.05) is 12.1 Å². The molecule has 2 saturated heterocycles. The van der Waals surface area contributed by atoms with Gasteiger partial charge in [-0.3, -0.25) is 0 Å². The summed E-state index contributed by atoms with van der Waals surface area (Å²) in [4.78, 5) is 19.7. The van der Waals surface area contributed by atoms with Gasteiger partial charge in [0.1, 0.15) is 29.7 Å². The molecule has 4 rings (SSSR count). The number of rotatable bonds is 3. The Labute approximate surface area is 152 Å². The number of anilines is 3. The quantitative estimate of drug-likeness (QED) is 0.807. The maximum atomic E-state index is 9.02. The Bertz CT molecular complexity index is 792. The smallest absolute Gasteiger partial charge is 0.142 e. The molecule has 2 fully saturated rings. The van der Waals surface area contributed by atoms with E-state index in [1.54, 1.807) is 12.5 Å². The first-order valence-electron chi connectivity index (χ1n) is 8.84. The van der Waals surface area contributed by atoms with Crippen LogP contribution in [0.4, 0.5) is 17.3 Å². The number of nitriles is 1. The number of morpholine rings is 1. The highest BCUT2D eigenvalue weighted by Crippen LogP contribution is 2.22. The minimum Gasteiger partial charge on any atom is -0.378 e. The van der Waals surface area contributed by atoms with Crippen molar-refractivity contribution in [3.63, 3.8) is 0 Å². The van der Waals surface area contributed by atoms with E-state index in [1.165, 1.54) is 0 Å². The molecule has 2 aliphatic rings. The highest BCUT2D eigenvalue weighted by Gasteiger charge is 2.20. The van der Waals surface area contributed by atoms with Gasteiger partial charge in [0.25, 0.3) is 0 Å². The van der Waals surface area contributed by atoms with Crippen molar-refractivity contribution in [1.29, 1.82) is 5.26 Å². The molecule has 0 aromatic carbocycles. The summed E-state index contributed by atoms with van der Waals surface area (Å²) in [5.41, 5.74) is 1.50. The third-order valence-electron chi connectivity index (χ3n) is 4.80. The summed E-state index contributed by atoms with van der Waals surface area (Å²) < 4.78 is 5.41. The normalized spacial score (nSPS) is 17.9. The van der Waals surface area contributed by atoms with Gasteiger partial charge in [-0.25, -0.2) is 15.0 Å². The van der Waals surface area contributed by atoms with Crippen LogP contribution in [-0.4, -0.2) is 67.4 Å². The van der Waals surface area contributed by atoms with Crippen LogP contribution < -0.4 is 14.7 Å². The molecular formula is C18H21N7O. The summed E-state index contributed by atoms with van der Waals surface area (Å²) in [6.45, 7) is 6.75. The molecule has 0 amide bonds. The minimum absolute atomic E-state index is 0.455. The Morgan fingerprint density at radius 1 is 0.846 bits per heavy atom. The first-order valence-corrected chi connectivity index (χ1v) is 8.84. The molecule has 4 heterocycles. The Kier molecular flexibility index (Phi) is 4.80. The molecule has 26 heavy (non-hydrogen) atoms. The Hall–Kier alpha value is -2.92. The fourth-order valence-corrected chi connectivity index (χ4v) is 3.35. The molecular weight excluding hydrogens is 330 g/mol. The van der Waals surface area contributed by atoms with Gasteiger partial charge in [-0.15, -0.1) is 0 Å². The highest BCUT2D eigenvalue weighted by atomic mass is 16.5. The number of ether oxygens (including phenoxy) is 1. The molecule has 0 radical (unpaired) electrons. The van der Waals surface area contributed by atoms with Gasteiger partial charge in [0.15, 0.2) is 0 Å². The minimum atomic E-state index is 0.455. The van der Waals surface area contributed by atoms with Crippen LogP contribution in [0.3, 0.4) is 0 Å². The van der Waals surface area contributed by atoms with Crippen molar-refractivity contribution in [3.05, 3.63) is 36.4 Å². The molecule has 2 aliphatic heterocycles. The van der Waals surface area contributed by atoms with Crippen LogP contribution in [0.5, 0.6) is 0 Å². The van der Waals surface area contributed by atoms with E-state index in [2.05, 4.69) is 41.8 Å². The number of piperazine rings is 1. The van der Waals surface area contributed by atoms with Crippen LogP contribution >= 0.6 is 0 Å². The van der Waals surface area contributed by atoms with Crippen molar-refractivity contribution in [2.75, 3.05) is 67.2 Å². The summed E-state index contributed by atoms with van der Waals surface area (Å²) in [6.07, 6.45) is 3.34. The van der Waals surface area contributed by atoms with Crippen LogP contribution in [-0.2, 0) is 4.74 Å². The van der Waals surface area contributed by atoms with Crippen molar-refractivity contribution in [3.8, 4) is 6.07 Å². The van der Waals surface area contributed by atoms with Gasteiger partial charge >= 0.3 is 0 Å². The standard InChI is InChI=1S/C18H21N7O/c19-13-15-11-16(1-2-20-15)23-3-5-24(6-4-23)17-12-18(22-14-21-17)25-7-9-26-10-8-25/h1-2,11-12,14H,3-10H2. The van der Waals surface area contributed by atoms with Crippen molar-refractivity contribution in [2.24, 2.45) is 0 Å². The fourth-order valence-electron chi connectivity index (χ4n) is 3.35. The SMILES string of the molecule is N#Cc1cc(N2CCN(c3cc(N4CCOCC4)ncn3)CC2)ccn1. The average molecular weight is 351 g/mol. The Balaban J connectivity index is 1.42. The van der Waals surface area contributed by atoms with E-state index in [-0.39, 0.29) is 0 Å². The molecule has 8 heteroatoms. The highest BCUT2D eigenvalue weighted by molar-refractivity contribution is 5.53. The van der Waals surface area contributed by atoms with Gasteiger partial charge in [0.05, 0.1) is 13.2 Å². The molecule has 0 atom stereocenters. The van der Waals surface area contributed by atoms with Gasteiger partial charge in [0, 0.05) is 57.2 Å². The van der Waals surface area contributed by atoms with Crippen molar-refractivity contribution < 1.29 is 4.74 Å². The van der Waals surface area contributed by atoms with Gasteiger partial charge in [-0.05, 0) is 12.1 Å². The first kappa shape index (κ1) is 16.5. The topological polar surface area (TPSA) is 81.4 Å². The number of aromatic nitrogens is 3. The van der Waals surface area contributed by atoms with Crippen molar-refractivity contribution in [2.45, 2.75) is 0 Å². The summed E-state index contributed by atoms with van der Waals surface area (Å²) in [5.74, 6) is 1.93. The van der Waals surface area contributed by atoms with Gasteiger partial charge in [-0.1, -0.05) is 0 Å². The number of hydrogen-bond acceptors (Lipinski definition) is 8. The zero-order chi connectivity index (χ0) is 17.8. The van der Waals surface area contributed by atoms with Crippen molar-refractivity contribution >= 4 is 17.3 Å².